The molecule has 3 rings (SSSR count). The maximum absolute atomic E-state index is 13.9. The van der Waals surface area contributed by atoms with Crippen LogP contribution in [0.4, 0.5) is 4.39 Å². The highest BCUT2D eigenvalue weighted by atomic mass is 79.9. The molecule has 0 fully saturated rings. The number of nitrogens with two attached hydrogens (primary N) is 1. The van der Waals surface area contributed by atoms with Gasteiger partial charge in [-0.05, 0) is 41.0 Å². The maximum Gasteiger partial charge on any atom is 0.128 e. The number of hydrogen-bond donors (Lipinski definition) is 1. The molecule has 0 bridgehead atoms. The van der Waals surface area contributed by atoms with Crippen molar-refractivity contribution in [3.8, 4) is 0 Å². The third-order valence-corrected chi connectivity index (χ3v) is 4.17. The molecule has 0 saturated heterocycles. The van der Waals surface area contributed by atoms with Gasteiger partial charge in [0.05, 0.1) is 0 Å². The zero-order valence-electron chi connectivity index (χ0n) is 11.4. The molecule has 106 valence electrons. The van der Waals surface area contributed by atoms with Gasteiger partial charge in [0, 0.05) is 16.1 Å². The Kier molecular flexibility index (Phi) is 4.04. The number of hydrogen-bond acceptors (Lipinski definition) is 1. The quantitative estimate of drug-likeness (QED) is 0.712. The van der Waals surface area contributed by atoms with Gasteiger partial charge in [0.2, 0.25) is 0 Å². The first-order chi connectivity index (χ1) is 10.1. The van der Waals surface area contributed by atoms with E-state index >= 15 is 0 Å². The minimum Gasteiger partial charge on any atom is -0.324 e. The number of fused-ring (bicyclic) bond motifs is 1. The summed E-state index contributed by atoms with van der Waals surface area (Å²) < 4.78 is 14.8. The molecule has 0 aliphatic carbocycles. The molecule has 0 saturated carbocycles. The lowest BCUT2D eigenvalue weighted by molar-refractivity contribution is 0.580. The summed E-state index contributed by atoms with van der Waals surface area (Å²) in [7, 11) is 0. The second-order valence-corrected chi connectivity index (χ2v) is 6.03. The van der Waals surface area contributed by atoms with Crippen LogP contribution in [0, 0.1) is 5.82 Å². The molecule has 0 spiro atoms. The molecule has 21 heavy (non-hydrogen) atoms. The lowest BCUT2D eigenvalue weighted by Crippen LogP contribution is -2.15. The number of halogens is 2. The molecule has 1 atom stereocenters. The Morgan fingerprint density at radius 1 is 1.00 bits per heavy atom. The normalized spacial score (nSPS) is 12.5. The minimum atomic E-state index is -0.367. The smallest absolute Gasteiger partial charge is 0.128 e. The predicted octanol–water partition coefficient (Wildman–Crippen LogP) is 4.98. The van der Waals surface area contributed by atoms with E-state index < -0.39 is 0 Å². The van der Waals surface area contributed by atoms with Crippen molar-refractivity contribution in [3.05, 3.63) is 82.1 Å². The summed E-state index contributed by atoms with van der Waals surface area (Å²) in [4.78, 5) is 0. The van der Waals surface area contributed by atoms with Crippen molar-refractivity contribution in [2.24, 2.45) is 5.73 Å². The van der Waals surface area contributed by atoms with Gasteiger partial charge in [0.1, 0.15) is 5.82 Å². The maximum atomic E-state index is 13.9. The van der Waals surface area contributed by atoms with Crippen molar-refractivity contribution in [2.75, 3.05) is 0 Å². The van der Waals surface area contributed by atoms with Crippen LogP contribution in [0.3, 0.4) is 0 Å². The van der Waals surface area contributed by atoms with Crippen LogP contribution in [-0.4, -0.2) is 0 Å². The Balaban J connectivity index is 1.96. The summed E-state index contributed by atoms with van der Waals surface area (Å²) in [5, 5.41) is 2.35. The summed E-state index contributed by atoms with van der Waals surface area (Å²) in [5.74, 6) is -0.258. The van der Waals surface area contributed by atoms with Crippen molar-refractivity contribution in [2.45, 2.75) is 12.5 Å². The molecular weight excluding hydrogens is 329 g/mol. The van der Waals surface area contributed by atoms with Crippen molar-refractivity contribution in [1.29, 1.82) is 0 Å². The van der Waals surface area contributed by atoms with Gasteiger partial charge in [0.15, 0.2) is 0 Å². The molecule has 1 nitrogen and oxygen atoms in total. The van der Waals surface area contributed by atoms with E-state index in [1.807, 2.05) is 18.2 Å². The van der Waals surface area contributed by atoms with Crippen LogP contribution in [0.2, 0.25) is 0 Å². The van der Waals surface area contributed by atoms with Crippen LogP contribution >= 0.6 is 15.9 Å². The van der Waals surface area contributed by atoms with Gasteiger partial charge >= 0.3 is 0 Å². The first kappa shape index (κ1) is 14.2. The highest BCUT2D eigenvalue weighted by Gasteiger charge is 2.14. The largest absolute Gasteiger partial charge is 0.324 e. The SMILES string of the molecule is NC(Cc1cccc2ccccc12)c1cc(Br)ccc1F. The Bertz CT molecular complexity index is 780. The molecule has 3 aromatic carbocycles. The Hall–Kier alpha value is -1.71. The van der Waals surface area contributed by atoms with Crippen LogP contribution in [0.15, 0.2) is 65.1 Å². The van der Waals surface area contributed by atoms with E-state index in [0.717, 1.165) is 10.0 Å². The van der Waals surface area contributed by atoms with Gasteiger partial charge in [0.25, 0.3) is 0 Å². The third kappa shape index (κ3) is 2.99. The van der Waals surface area contributed by atoms with Gasteiger partial charge in [-0.3, -0.25) is 0 Å². The van der Waals surface area contributed by atoms with Gasteiger partial charge in [-0.15, -0.1) is 0 Å². The van der Waals surface area contributed by atoms with Crippen LogP contribution in [0.5, 0.6) is 0 Å². The fourth-order valence-electron chi connectivity index (χ4n) is 2.62. The molecule has 0 radical (unpaired) electrons. The Labute approximate surface area is 131 Å². The van der Waals surface area contributed by atoms with Crippen LogP contribution in [0.1, 0.15) is 17.2 Å². The van der Waals surface area contributed by atoms with Gasteiger partial charge in [-0.1, -0.05) is 58.4 Å². The van der Waals surface area contributed by atoms with E-state index in [0.29, 0.717) is 12.0 Å². The summed E-state index contributed by atoms with van der Waals surface area (Å²) in [5.41, 5.74) is 7.90. The number of benzene rings is 3. The average Bonchev–Trinajstić information content (AvgIpc) is 2.50. The lowest BCUT2D eigenvalue weighted by atomic mass is 9.95. The first-order valence-corrected chi connectivity index (χ1v) is 7.61. The minimum absolute atomic E-state index is 0.258. The third-order valence-electron chi connectivity index (χ3n) is 3.68. The highest BCUT2D eigenvalue weighted by molar-refractivity contribution is 9.10. The van der Waals surface area contributed by atoms with Crippen molar-refractivity contribution >= 4 is 26.7 Å². The fourth-order valence-corrected chi connectivity index (χ4v) is 2.99. The van der Waals surface area contributed by atoms with E-state index in [4.69, 9.17) is 5.73 Å². The zero-order valence-corrected chi connectivity index (χ0v) is 13.0. The van der Waals surface area contributed by atoms with E-state index in [1.54, 1.807) is 12.1 Å². The molecule has 2 N–H and O–H groups in total. The van der Waals surface area contributed by atoms with E-state index in [2.05, 4.69) is 40.2 Å². The number of rotatable bonds is 3. The molecule has 0 aliphatic rings. The lowest BCUT2D eigenvalue weighted by Gasteiger charge is -2.15. The zero-order chi connectivity index (χ0) is 14.8. The topological polar surface area (TPSA) is 26.0 Å². The summed E-state index contributed by atoms with van der Waals surface area (Å²) in [6.45, 7) is 0. The van der Waals surface area contributed by atoms with Gasteiger partial charge < -0.3 is 5.73 Å². The van der Waals surface area contributed by atoms with Crippen molar-refractivity contribution in [3.63, 3.8) is 0 Å². The highest BCUT2D eigenvalue weighted by Crippen LogP contribution is 2.26. The monoisotopic (exact) mass is 343 g/mol. The molecule has 0 heterocycles. The first-order valence-electron chi connectivity index (χ1n) is 6.82. The Morgan fingerprint density at radius 2 is 1.76 bits per heavy atom. The summed E-state index contributed by atoms with van der Waals surface area (Å²) in [6.07, 6.45) is 0.606. The Morgan fingerprint density at radius 3 is 2.62 bits per heavy atom. The van der Waals surface area contributed by atoms with Crippen molar-refractivity contribution in [1.82, 2.24) is 0 Å². The molecule has 0 amide bonds. The molecular formula is C18H15BrFN. The van der Waals surface area contributed by atoms with Crippen LogP contribution < -0.4 is 5.73 Å². The predicted molar refractivity (Wildman–Crippen MR) is 88.7 cm³/mol. The van der Waals surface area contributed by atoms with Gasteiger partial charge in [-0.2, -0.15) is 0 Å². The fraction of sp³-hybridized carbons (Fsp3) is 0.111. The summed E-state index contributed by atoms with van der Waals surface area (Å²) in [6, 6.07) is 18.8. The average molecular weight is 344 g/mol. The van der Waals surface area contributed by atoms with E-state index in [1.165, 1.54) is 16.8 Å². The second kappa shape index (κ2) is 5.96. The van der Waals surface area contributed by atoms with Crippen LogP contribution in [-0.2, 0) is 6.42 Å². The van der Waals surface area contributed by atoms with E-state index in [-0.39, 0.29) is 11.9 Å². The molecule has 0 aliphatic heterocycles. The van der Waals surface area contributed by atoms with Crippen molar-refractivity contribution < 1.29 is 4.39 Å². The molecule has 0 aromatic heterocycles. The molecule has 1 unspecified atom stereocenters. The van der Waals surface area contributed by atoms with E-state index in [9.17, 15) is 4.39 Å². The molecule has 3 heteroatoms. The van der Waals surface area contributed by atoms with Gasteiger partial charge in [-0.25, -0.2) is 4.39 Å². The summed E-state index contributed by atoms with van der Waals surface area (Å²) >= 11 is 3.37. The standard InChI is InChI=1S/C18H15BrFN/c19-14-8-9-17(20)16(11-14)18(21)10-13-6-3-5-12-4-1-2-7-15(12)13/h1-9,11,18H,10,21H2. The van der Waals surface area contributed by atoms with Crippen LogP contribution in [0.25, 0.3) is 10.8 Å². The molecule has 3 aromatic rings. The second-order valence-electron chi connectivity index (χ2n) is 5.11.